The number of ether oxygens (including phenoxy) is 1. The number of benzene rings is 2. The number of azo groups is 1. The molecule has 2 aromatic carbocycles. The van der Waals surface area contributed by atoms with Gasteiger partial charge in [0.15, 0.2) is 15.5 Å². The molecule has 0 unspecified atom stereocenters. The van der Waals surface area contributed by atoms with Crippen molar-refractivity contribution in [2.75, 3.05) is 38.5 Å². The Hall–Kier alpha value is -3.37. The van der Waals surface area contributed by atoms with E-state index < -0.39 is 25.4 Å². The molecular formula is C31H46N6O7S2. The first-order valence-corrected chi connectivity index (χ1v) is 18.7. The van der Waals surface area contributed by atoms with E-state index in [9.17, 15) is 26.7 Å². The Kier molecular flexibility index (Phi) is 13.7. The minimum atomic E-state index is -3.90. The first-order chi connectivity index (χ1) is 21.8. The first kappa shape index (κ1) is 37.1. The third-order valence-electron chi connectivity index (χ3n) is 7.12. The van der Waals surface area contributed by atoms with Crippen LogP contribution in [0.15, 0.2) is 67.3 Å². The Balaban J connectivity index is 1.75. The Bertz CT molecular complexity index is 1730. The van der Waals surface area contributed by atoms with Gasteiger partial charge < -0.3 is 14.7 Å². The predicted molar refractivity (Wildman–Crippen MR) is 178 cm³/mol. The molecule has 0 spiro atoms. The van der Waals surface area contributed by atoms with E-state index in [-0.39, 0.29) is 45.3 Å². The van der Waals surface area contributed by atoms with Crippen molar-refractivity contribution in [2.45, 2.75) is 76.2 Å². The summed E-state index contributed by atoms with van der Waals surface area (Å²) in [5, 5.41) is 21.2. The van der Waals surface area contributed by atoms with Gasteiger partial charge in [-0.2, -0.15) is 0 Å². The highest BCUT2D eigenvalue weighted by atomic mass is 32.2. The molecule has 1 aromatic heterocycles. The van der Waals surface area contributed by atoms with Crippen molar-refractivity contribution in [1.29, 1.82) is 0 Å². The lowest BCUT2D eigenvalue weighted by atomic mass is 10.3. The molecule has 0 saturated carbocycles. The van der Waals surface area contributed by atoms with Crippen LogP contribution in [0.1, 0.15) is 59.1 Å². The normalized spacial score (nSPS) is 12.6. The zero-order valence-corrected chi connectivity index (χ0v) is 28.8. The number of phenolic OH excluding ortho intramolecular Hbond substituents is 1. The number of nitrogens with zero attached hydrogens (tertiary/aromatic N) is 4. The maximum atomic E-state index is 13.2. The summed E-state index contributed by atoms with van der Waals surface area (Å²) in [6.07, 6.45) is 3.54. The number of aryl methyl sites for hydroxylation is 1. The van der Waals surface area contributed by atoms with Crippen molar-refractivity contribution in [3.8, 4) is 11.4 Å². The summed E-state index contributed by atoms with van der Waals surface area (Å²) in [6, 6.07) is 9.61. The molecular weight excluding hydrogens is 633 g/mol. The average molecular weight is 679 g/mol. The molecule has 0 aliphatic heterocycles. The number of sulfone groups is 1. The van der Waals surface area contributed by atoms with Gasteiger partial charge in [0.05, 0.1) is 33.0 Å². The molecule has 0 aliphatic carbocycles. The third-order valence-corrected chi connectivity index (χ3v) is 10.3. The number of aromatic nitrogens is 2. The third kappa shape index (κ3) is 10.3. The smallest absolute Gasteiger partial charge is 0.299 e. The van der Waals surface area contributed by atoms with Crippen molar-refractivity contribution < 1.29 is 26.7 Å². The van der Waals surface area contributed by atoms with Gasteiger partial charge in [-0.25, -0.2) is 26.2 Å². The average Bonchev–Trinajstić information content (AvgIpc) is 3.30. The molecule has 3 rings (SSSR count). The number of rotatable bonds is 19. The van der Waals surface area contributed by atoms with E-state index in [0.29, 0.717) is 31.0 Å². The van der Waals surface area contributed by atoms with Gasteiger partial charge in [0.25, 0.3) is 5.56 Å². The van der Waals surface area contributed by atoms with Crippen LogP contribution in [0.4, 0.5) is 11.4 Å². The zero-order chi connectivity index (χ0) is 33.9. The van der Waals surface area contributed by atoms with E-state index in [4.69, 9.17) is 4.74 Å². The zero-order valence-electron chi connectivity index (χ0n) is 27.2. The molecule has 254 valence electrons. The lowest BCUT2D eigenvalue weighted by Gasteiger charge is -2.21. The standard InChI is InChI=1S/C31H46N6O7S2/c1-6-8-18-36(17-7-2)19-21-45(40,41)26-12-10-25(11-13-26)37-31(39)30(24(5)35-37)34-33-28-22-27(14-15-29(28)38)46(42,43)32-16-9-20-44-23(3)4/h10-15,22-23,32,35,38H,6-9,16-21H2,1-5H3. The van der Waals surface area contributed by atoms with E-state index in [2.05, 4.69) is 38.8 Å². The topological polar surface area (TPSA) is 176 Å². The SMILES string of the molecule is CCCCN(CCC)CCS(=O)(=O)c1ccc(-n2[nH]c(C)c(N=Nc3cc(S(=O)(=O)NCCCOC(C)C)ccc3O)c2=O)cc1. The number of unbranched alkanes of at least 4 members (excludes halogenated alkanes) is 1. The first-order valence-electron chi connectivity index (χ1n) is 15.5. The van der Waals surface area contributed by atoms with Crippen LogP contribution in [0.25, 0.3) is 5.69 Å². The summed E-state index contributed by atoms with van der Waals surface area (Å²) in [4.78, 5) is 15.4. The number of H-pyrrole nitrogens is 1. The lowest BCUT2D eigenvalue weighted by molar-refractivity contribution is 0.0778. The number of hydrogen-bond donors (Lipinski definition) is 3. The molecule has 0 bridgehead atoms. The highest BCUT2D eigenvalue weighted by Crippen LogP contribution is 2.31. The van der Waals surface area contributed by atoms with E-state index >= 15 is 0 Å². The highest BCUT2D eigenvalue weighted by molar-refractivity contribution is 7.91. The van der Waals surface area contributed by atoms with Gasteiger partial charge in [-0.05, 0) is 95.6 Å². The monoisotopic (exact) mass is 678 g/mol. The number of sulfonamides is 1. The predicted octanol–water partition coefficient (Wildman–Crippen LogP) is 4.97. The number of nitrogens with one attached hydrogen (secondary N) is 2. The van der Waals surface area contributed by atoms with E-state index in [0.717, 1.165) is 38.4 Å². The molecule has 46 heavy (non-hydrogen) atoms. The second-order valence-corrected chi connectivity index (χ2v) is 15.1. The largest absolute Gasteiger partial charge is 0.506 e. The summed E-state index contributed by atoms with van der Waals surface area (Å²) >= 11 is 0. The molecule has 0 aliphatic rings. The lowest BCUT2D eigenvalue weighted by Crippen LogP contribution is -2.31. The van der Waals surface area contributed by atoms with Crippen LogP contribution in [-0.2, 0) is 24.6 Å². The van der Waals surface area contributed by atoms with Crippen LogP contribution >= 0.6 is 0 Å². The van der Waals surface area contributed by atoms with Crippen molar-refractivity contribution in [3.63, 3.8) is 0 Å². The van der Waals surface area contributed by atoms with Crippen LogP contribution in [-0.4, -0.2) is 81.3 Å². The van der Waals surface area contributed by atoms with Crippen LogP contribution in [0.3, 0.4) is 0 Å². The minimum Gasteiger partial charge on any atom is -0.506 e. The van der Waals surface area contributed by atoms with Crippen LogP contribution in [0.5, 0.6) is 5.75 Å². The van der Waals surface area contributed by atoms with E-state index in [1.54, 1.807) is 6.92 Å². The second-order valence-electron chi connectivity index (χ2n) is 11.3. The molecule has 1 heterocycles. The van der Waals surface area contributed by atoms with Crippen molar-refractivity contribution >= 4 is 31.2 Å². The maximum absolute atomic E-state index is 13.2. The highest BCUT2D eigenvalue weighted by Gasteiger charge is 2.19. The van der Waals surface area contributed by atoms with Gasteiger partial charge in [0.2, 0.25) is 10.0 Å². The van der Waals surface area contributed by atoms with Crippen molar-refractivity contribution in [1.82, 2.24) is 19.4 Å². The van der Waals surface area contributed by atoms with Gasteiger partial charge in [0.1, 0.15) is 11.4 Å². The van der Waals surface area contributed by atoms with E-state index in [1.165, 1.54) is 41.1 Å². The summed E-state index contributed by atoms with van der Waals surface area (Å²) in [5.41, 5.74) is -0.00135. The summed E-state index contributed by atoms with van der Waals surface area (Å²) < 4.78 is 60.7. The number of phenols is 1. The Morgan fingerprint density at radius 2 is 1.65 bits per heavy atom. The second kappa shape index (κ2) is 17.0. The number of aromatic hydroxyl groups is 1. The van der Waals surface area contributed by atoms with Crippen LogP contribution in [0, 0.1) is 6.92 Å². The van der Waals surface area contributed by atoms with Crippen molar-refractivity contribution in [3.05, 3.63) is 58.5 Å². The molecule has 3 N–H and O–H groups in total. The summed E-state index contributed by atoms with van der Waals surface area (Å²) in [5.74, 6) is -0.317. The number of aromatic amines is 1. The minimum absolute atomic E-state index is 0.000812. The Morgan fingerprint density at radius 1 is 0.957 bits per heavy atom. The van der Waals surface area contributed by atoms with Gasteiger partial charge >= 0.3 is 0 Å². The quantitative estimate of drug-likeness (QED) is 0.118. The maximum Gasteiger partial charge on any atom is 0.299 e. The van der Waals surface area contributed by atoms with E-state index in [1.807, 2.05) is 13.8 Å². The van der Waals surface area contributed by atoms with Gasteiger partial charge in [0, 0.05) is 19.7 Å². The Labute approximate surface area is 271 Å². The molecule has 0 radical (unpaired) electrons. The molecule has 0 fully saturated rings. The Morgan fingerprint density at radius 3 is 2.30 bits per heavy atom. The van der Waals surface area contributed by atoms with Gasteiger partial charge in [-0.15, -0.1) is 10.2 Å². The van der Waals surface area contributed by atoms with Gasteiger partial charge in [-0.1, -0.05) is 20.3 Å². The fourth-order valence-corrected chi connectivity index (χ4v) is 6.95. The number of hydrogen-bond acceptors (Lipinski definition) is 10. The molecule has 13 nitrogen and oxygen atoms in total. The molecule has 0 amide bonds. The fraction of sp³-hybridized carbons (Fsp3) is 0.516. The summed E-state index contributed by atoms with van der Waals surface area (Å²) in [7, 11) is -7.42. The van der Waals surface area contributed by atoms with Crippen molar-refractivity contribution in [2.24, 2.45) is 10.2 Å². The van der Waals surface area contributed by atoms with Crippen LogP contribution in [0.2, 0.25) is 0 Å². The van der Waals surface area contributed by atoms with Gasteiger partial charge in [-0.3, -0.25) is 9.89 Å². The molecule has 0 atom stereocenters. The summed E-state index contributed by atoms with van der Waals surface area (Å²) in [6.45, 7) is 12.3. The molecule has 15 heteroatoms. The van der Waals surface area contributed by atoms with Crippen LogP contribution < -0.4 is 10.3 Å². The molecule has 3 aromatic rings. The fourth-order valence-electron chi connectivity index (χ4n) is 4.58. The molecule has 0 saturated heterocycles.